The molecule has 1 N–H and O–H groups in total. The Morgan fingerprint density at radius 2 is 1.95 bits per heavy atom. The molecule has 1 unspecified atom stereocenters. The van der Waals surface area contributed by atoms with Gasteiger partial charge in [-0.1, -0.05) is 33.6 Å². The molecule has 0 spiro atoms. The molecule has 1 heterocycles. The van der Waals surface area contributed by atoms with Gasteiger partial charge in [0.05, 0.1) is 12.7 Å². The van der Waals surface area contributed by atoms with Crippen LogP contribution in [-0.4, -0.2) is 29.6 Å². The molecule has 0 aromatic heterocycles. The van der Waals surface area contributed by atoms with Gasteiger partial charge in [-0.2, -0.15) is 0 Å². The van der Waals surface area contributed by atoms with Gasteiger partial charge >= 0.3 is 0 Å². The third-order valence-corrected chi connectivity index (χ3v) is 4.71. The first-order valence-corrected chi connectivity index (χ1v) is 8.16. The summed E-state index contributed by atoms with van der Waals surface area (Å²) in [5.41, 5.74) is 0. The van der Waals surface area contributed by atoms with Crippen molar-refractivity contribution in [3.05, 3.63) is 0 Å². The van der Waals surface area contributed by atoms with Crippen molar-refractivity contribution in [2.75, 3.05) is 6.54 Å². The van der Waals surface area contributed by atoms with Gasteiger partial charge in [0, 0.05) is 6.04 Å². The van der Waals surface area contributed by atoms with E-state index in [-0.39, 0.29) is 0 Å². The van der Waals surface area contributed by atoms with Gasteiger partial charge in [0.25, 0.3) is 0 Å². The third kappa shape index (κ3) is 3.71. The number of rotatable bonds is 5. The maximum absolute atomic E-state index is 12.1. The second-order valence-corrected chi connectivity index (χ2v) is 6.79. The van der Waals surface area contributed by atoms with Crippen LogP contribution in [0.4, 0.5) is 0 Å². The Hall–Kier alpha value is -0.570. The molecule has 1 saturated carbocycles. The zero-order chi connectivity index (χ0) is 13.8. The molecule has 1 aliphatic carbocycles. The summed E-state index contributed by atoms with van der Waals surface area (Å²) in [5, 5.41) is 3.40. The summed E-state index contributed by atoms with van der Waals surface area (Å²) in [5.74, 6) is 1.88. The monoisotopic (exact) mass is 266 g/mol. The van der Waals surface area contributed by atoms with Crippen molar-refractivity contribution in [2.24, 2.45) is 11.8 Å². The lowest BCUT2D eigenvalue weighted by molar-refractivity contribution is -0.131. The van der Waals surface area contributed by atoms with Crippen molar-refractivity contribution < 1.29 is 4.79 Å². The average Bonchev–Trinajstić information content (AvgIpc) is 2.71. The van der Waals surface area contributed by atoms with Crippen LogP contribution in [0.2, 0.25) is 0 Å². The smallest absolute Gasteiger partial charge is 0.238 e. The lowest BCUT2D eigenvalue weighted by Gasteiger charge is -2.38. The molecule has 1 atom stereocenters. The molecule has 0 radical (unpaired) electrons. The fraction of sp³-hybridized carbons (Fsp3) is 0.938. The second-order valence-electron chi connectivity index (χ2n) is 6.79. The molecular formula is C16H30N2O. The molecule has 1 saturated heterocycles. The Bertz CT molecular complexity index is 295. The third-order valence-electron chi connectivity index (χ3n) is 4.71. The van der Waals surface area contributed by atoms with E-state index in [9.17, 15) is 4.79 Å². The number of carbonyl (C=O) groups excluding carboxylic acids is 1. The molecule has 2 rings (SSSR count). The van der Waals surface area contributed by atoms with Crippen molar-refractivity contribution in [1.82, 2.24) is 10.2 Å². The number of nitrogens with zero attached hydrogens (tertiary/aromatic N) is 1. The fourth-order valence-electron chi connectivity index (χ4n) is 3.79. The van der Waals surface area contributed by atoms with Crippen molar-refractivity contribution >= 4 is 5.91 Å². The van der Waals surface area contributed by atoms with Crippen LogP contribution >= 0.6 is 0 Å². The first-order chi connectivity index (χ1) is 9.11. The zero-order valence-electron chi connectivity index (χ0n) is 12.8. The predicted molar refractivity (Wildman–Crippen MR) is 78.7 cm³/mol. The molecule has 0 aromatic carbocycles. The van der Waals surface area contributed by atoms with E-state index in [4.69, 9.17) is 0 Å². The molecule has 19 heavy (non-hydrogen) atoms. The minimum atomic E-state index is 0.292. The number of carbonyl (C=O) groups is 1. The highest BCUT2D eigenvalue weighted by atomic mass is 16.2. The van der Waals surface area contributed by atoms with Gasteiger partial charge in [-0.25, -0.2) is 0 Å². The van der Waals surface area contributed by atoms with Crippen molar-refractivity contribution in [3.8, 4) is 0 Å². The molecule has 1 aliphatic heterocycles. The standard InChI is InChI=1S/C16H30N2O/c1-4-5-13-6-8-14(9-7-13)18-15(10-12(2)3)17-11-16(18)19/h12-15,17H,4-11H2,1-3H3. The van der Waals surface area contributed by atoms with Crippen LogP contribution in [0.25, 0.3) is 0 Å². The van der Waals surface area contributed by atoms with E-state index in [2.05, 4.69) is 31.0 Å². The van der Waals surface area contributed by atoms with Crippen LogP contribution in [0, 0.1) is 11.8 Å². The highest BCUT2D eigenvalue weighted by molar-refractivity contribution is 5.81. The van der Waals surface area contributed by atoms with E-state index in [0.29, 0.717) is 30.6 Å². The van der Waals surface area contributed by atoms with E-state index in [1.165, 1.54) is 38.5 Å². The minimum Gasteiger partial charge on any atom is -0.323 e. The topological polar surface area (TPSA) is 32.3 Å². The lowest BCUT2D eigenvalue weighted by atomic mass is 9.82. The van der Waals surface area contributed by atoms with Crippen molar-refractivity contribution in [2.45, 2.75) is 77.9 Å². The van der Waals surface area contributed by atoms with Crippen molar-refractivity contribution in [1.29, 1.82) is 0 Å². The first-order valence-electron chi connectivity index (χ1n) is 8.16. The van der Waals surface area contributed by atoms with Gasteiger partial charge in [0.1, 0.15) is 0 Å². The van der Waals surface area contributed by atoms with E-state index in [1.54, 1.807) is 0 Å². The van der Waals surface area contributed by atoms with E-state index in [0.717, 1.165) is 12.3 Å². The Labute approximate surface area is 118 Å². The van der Waals surface area contributed by atoms with Crippen LogP contribution in [0.3, 0.4) is 0 Å². The summed E-state index contributed by atoms with van der Waals surface area (Å²) in [7, 11) is 0. The number of hydrogen-bond acceptors (Lipinski definition) is 2. The van der Waals surface area contributed by atoms with E-state index >= 15 is 0 Å². The normalized spacial score (nSPS) is 32.3. The Morgan fingerprint density at radius 3 is 2.53 bits per heavy atom. The van der Waals surface area contributed by atoms with Crippen LogP contribution in [0.5, 0.6) is 0 Å². The SMILES string of the molecule is CCCC1CCC(N2C(=O)CNC2CC(C)C)CC1. The van der Waals surface area contributed by atoms with Gasteiger partial charge in [-0.15, -0.1) is 0 Å². The van der Waals surface area contributed by atoms with Crippen LogP contribution < -0.4 is 5.32 Å². The molecule has 0 bridgehead atoms. The number of hydrogen-bond donors (Lipinski definition) is 1. The van der Waals surface area contributed by atoms with Gasteiger partial charge in [0.15, 0.2) is 0 Å². The van der Waals surface area contributed by atoms with Gasteiger partial charge in [-0.05, 0) is 43.9 Å². The lowest BCUT2D eigenvalue weighted by Crippen LogP contribution is -2.46. The molecule has 2 aliphatic rings. The summed E-state index contributed by atoms with van der Waals surface area (Å²) < 4.78 is 0. The first kappa shape index (κ1) is 14.8. The number of amides is 1. The van der Waals surface area contributed by atoms with Gasteiger partial charge in [-0.3, -0.25) is 10.1 Å². The second kappa shape index (κ2) is 6.74. The quantitative estimate of drug-likeness (QED) is 0.829. The van der Waals surface area contributed by atoms with Crippen LogP contribution in [-0.2, 0) is 4.79 Å². The maximum Gasteiger partial charge on any atom is 0.238 e. The molecule has 1 amide bonds. The van der Waals surface area contributed by atoms with Gasteiger partial charge in [0.2, 0.25) is 5.91 Å². The Balaban J connectivity index is 1.90. The fourth-order valence-corrected chi connectivity index (χ4v) is 3.79. The summed E-state index contributed by atoms with van der Waals surface area (Å²) in [6.07, 6.45) is 9.11. The summed E-state index contributed by atoms with van der Waals surface area (Å²) in [4.78, 5) is 14.3. The van der Waals surface area contributed by atoms with E-state index < -0.39 is 0 Å². The Kier molecular flexibility index (Phi) is 5.26. The summed E-state index contributed by atoms with van der Waals surface area (Å²) in [6, 6.07) is 0.499. The molecule has 110 valence electrons. The molecule has 0 aromatic rings. The zero-order valence-corrected chi connectivity index (χ0v) is 12.8. The molecule has 2 fully saturated rings. The highest BCUT2D eigenvalue weighted by Gasteiger charge is 2.37. The van der Waals surface area contributed by atoms with Crippen LogP contribution in [0.15, 0.2) is 0 Å². The molecule has 3 nitrogen and oxygen atoms in total. The largest absolute Gasteiger partial charge is 0.323 e. The predicted octanol–water partition coefficient (Wildman–Crippen LogP) is 3.15. The van der Waals surface area contributed by atoms with Gasteiger partial charge < -0.3 is 4.90 Å². The summed E-state index contributed by atoms with van der Waals surface area (Å²) >= 11 is 0. The van der Waals surface area contributed by atoms with E-state index in [1.807, 2.05) is 0 Å². The maximum atomic E-state index is 12.1. The van der Waals surface area contributed by atoms with Crippen molar-refractivity contribution in [3.63, 3.8) is 0 Å². The minimum absolute atomic E-state index is 0.292. The summed E-state index contributed by atoms with van der Waals surface area (Å²) in [6.45, 7) is 7.30. The molecule has 3 heteroatoms. The van der Waals surface area contributed by atoms with Crippen LogP contribution in [0.1, 0.15) is 65.7 Å². The highest BCUT2D eigenvalue weighted by Crippen LogP contribution is 2.32. The number of nitrogens with one attached hydrogen (secondary N) is 1. The average molecular weight is 266 g/mol. The Morgan fingerprint density at radius 1 is 1.26 bits per heavy atom. The molecular weight excluding hydrogens is 236 g/mol.